The summed E-state index contributed by atoms with van der Waals surface area (Å²) in [5.41, 5.74) is 0. The number of aliphatic hydroxyl groups excluding tert-OH is 1. The van der Waals surface area contributed by atoms with Crippen LogP contribution in [0.2, 0.25) is 0 Å². The fraction of sp³-hybridized carbons (Fsp3) is 0.900. The molecule has 0 bridgehead atoms. The lowest BCUT2D eigenvalue weighted by Gasteiger charge is -2.39. The topological polar surface area (TPSA) is 53.0 Å². The highest BCUT2D eigenvalue weighted by molar-refractivity contribution is 5.73. The number of ether oxygens (including phenoxy) is 1. The normalized spacial score (nSPS) is 22.5. The molecular formula is C10H20N2O3. The van der Waals surface area contributed by atoms with E-state index in [9.17, 15) is 9.90 Å². The van der Waals surface area contributed by atoms with E-state index in [-0.39, 0.29) is 12.1 Å². The van der Waals surface area contributed by atoms with Crippen molar-refractivity contribution in [2.45, 2.75) is 26.2 Å². The molecule has 1 rings (SSSR count). The summed E-state index contributed by atoms with van der Waals surface area (Å²) in [6.45, 7) is 6.22. The van der Waals surface area contributed by atoms with Gasteiger partial charge in [0.05, 0.1) is 6.10 Å². The van der Waals surface area contributed by atoms with Gasteiger partial charge in [-0.1, -0.05) is 0 Å². The third kappa shape index (κ3) is 3.15. The molecule has 1 heterocycles. The SMILES string of the molecule is COC([C@@H](C)O)N1CCN(C(C)=O)CC1. The molecule has 5 heteroatoms. The predicted molar refractivity (Wildman–Crippen MR) is 56.3 cm³/mol. The van der Waals surface area contributed by atoms with E-state index >= 15 is 0 Å². The quantitative estimate of drug-likeness (QED) is 0.691. The van der Waals surface area contributed by atoms with Crippen molar-refractivity contribution >= 4 is 5.91 Å². The summed E-state index contributed by atoms with van der Waals surface area (Å²) < 4.78 is 5.22. The summed E-state index contributed by atoms with van der Waals surface area (Å²) in [5, 5.41) is 9.49. The van der Waals surface area contributed by atoms with Crippen molar-refractivity contribution in [1.29, 1.82) is 0 Å². The van der Waals surface area contributed by atoms with Gasteiger partial charge in [-0.3, -0.25) is 9.69 Å². The number of carbonyl (C=O) groups is 1. The molecule has 0 radical (unpaired) electrons. The molecule has 1 N–H and O–H groups in total. The number of hydrogen-bond acceptors (Lipinski definition) is 4. The largest absolute Gasteiger partial charge is 0.389 e. The van der Waals surface area contributed by atoms with Crippen molar-refractivity contribution in [3.63, 3.8) is 0 Å². The maximum absolute atomic E-state index is 11.1. The van der Waals surface area contributed by atoms with Crippen LogP contribution in [-0.4, -0.2) is 66.4 Å². The number of methoxy groups -OCH3 is 1. The minimum atomic E-state index is -0.515. The van der Waals surface area contributed by atoms with E-state index in [0.29, 0.717) is 13.1 Å². The van der Waals surface area contributed by atoms with Gasteiger partial charge in [-0.2, -0.15) is 0 Å². The average molecular weight is 216 g/mol. The Bertz CT molecular complexity index is 213. The summed E-state index contributed by atoms with van der Waals surface area (Å²) in [4.78, 5) is 15.0. The zero-order valence-corrected chi connectivity index (χ0v) is 9.64. The van der Waals surface area contributed by atoms with Crippen molar-refractivity contribution in [2.24, 2.45) is 0 Å². The molecule has 0 saturated carbocycles. The molecule has 88 valence electrons. The van der Waals surface area contributed by atoms with Gasteiger partial charge >= 0.3 is 0 Å². The first-order valence-corrected chi connectivity index (χ1v) is 5.26. The highest BCUT2D eigenvalue weighted by atomic mass is 16.5. The molecule has 1 saturated heterocycles. The lowest BCUT2D eigenvalue weighted by Crippen LogP contribution is -2.54. The minimum Gasteiger partial charge on any atom is -0.389 e. The molecule has 1 aliphatic rings. The van der Waals surface area contributed by atoms with Crippen LogP contribution < -0.4 is 0 Å². The Morgan fingerprint density at radius 1 is 1.33 bits per heavy atom. The summed E-state index contributed by atoms with van der Waals surface area (Å²) in [7, 11) is 1.59. The number of nitrogens with zero attached hydrogens (tertiary/aromatic N) is 2. The lowest BCUT2D eigenvalue weighted by molar-refractivity contribution is -0.138. The summed E-state index contributed by atoms with van der Waals surface area (Å²) in [5.74, 6) is 0.112. The molecular weight excluding hydrogens is 196 g/mol. The molecule has 1 fully saturated rings. The van der Waals surface area contributed by atoms with Crippen LogP contribution in [0.1, 0.15) is 13.8 Å². The van der Waals surface area contributed by atoms with Gasteiger partial charge < -0.3 is 14.7 Å². The van der Waals surface area contributed by atoms with Crippen molar-refractivity contribution in [3.05, 3.63) is 0 Å². The van der Waals surface area contributed by atoms with E-state index < -0.39 is 6.10 Å². The van der Waals surface area contributed by atoms with Crippen molar-refractivity contribution in [3.8, 4) is 0 Å². The summed E-state index contributed by atoms with van der Waals surface area (Å²) >= 11 is 0. The molecule has 1 amide bonds. The molecule has 0 aromatic rings. The molecule has 0 aliphatic carbocycles. The second kappa shape index (κ2) is 5.44. The van der Waals surface area contributed by atoms with E-state index in [1.807, 2.05) is 4.90 Å². The zero-order chi connectivity index (χ0) is 11.4. The molecule has 2 atom stereocenters. The smallest absolute Gasteiger partial charge is 0.219 e. The van der Waals surface area contributed by atoms with Crippen LogP contribution in [0.3, 0.4) is 0 Å². The van der Waals surface area contributed by atoms with Crippen LogP contribution in [0.25, 0.3) is 0 Å². The Balaban J connectivity index is 2.45. The van der Waals surface area contributed by atoms with Crippen LogP contribution in [0.5, 0.6) is 0 Å². The molecule has 0 spiro atoms. The first-order chi connectivity index (χ1) is 7.06. The molecule has 0 aromatic carbocycles. The van der Waals surface area contributed by atoms with Gasteiger partial charge in [0, 0.05) is 40.2 Å². The van der Waals surface area contributed by atoms with E-state index in [4.69, 9.17) is 4.74 Å². The Kier molecular flexibility index (Phi) is 4.50. The Morgan fingerprint density at radius 3 is 2.20 bits per heavy atom. The van der Waals surface area contributed by atoms with Gasteiger partial charge in [0.25, 0.3) is 0 Å². The van der Waals surface area contributed by atoms with Crippen LogP contribution >= 0.6 is 0 Å². The number of amides is 1. The molecule has 0 aromatic heterocycles. The number of carbonyl (C=O) groups excluding carboxylic acids is 1. The van der Waals surface area contributed by atoms with Gasteiger partial charge in [0.2, 0.25) is 5.91 Å². The fourth-order valence-corrected chi connectivity index (χ4v) is 1.94. The number of aliphatic hydroxyl groups is 1. The standard InChI is InChI=1S/C10H20N2O3/c1-8(13)10(15-3)12-6-4-11(5-7-12)9(2)14/h8,10,13H,4-7H2,1-3H3/t8-,10?/m1/s1. The first kappa shape index (κ1) is 12.4. The highest BCUT2D eigenvalue weighted by Gasteiger charge is 2.27. The van der Waals surface area contributed by atoms with Gasteiger partial charge in [0.15, 0.2) is 0 Å². The van der Waals surface area contributed by atoms with Crippen molar-refractivity contribution in [1.82, 2.24) is 9.80 Å². The maximum Gasteiger partial charge on any atom is 0.219 e. The monoisotopic (exact) mass is 216 g/mol. The Hall–Kier alpha value is -0.650. The molecule has 1 unspecified atom stereocenters. The van der Waals surface area contributed by atoms with Crippen LogP contribution in [0, 0.1) is 0 Å². The average Bonchev–Trinajstić information content (AvgIpc) is 2.19. The Labute approximate surface area is 90.6 Å². The maximum atomic E-state index is 11.1. The fourth-order valence-electron chi connectivity index (χ4n) is 1.94. The predicted octanol–water partition coefficient (Wildman–Crippen LogP) is -0.496. The van der Waals surface area contributed by atoms with Crippen LogP contribution in [-0.2, 0) is 9.53 Å². The number of rotatable bonds is 3. The van der Waals surface area contributed by atoms with Gasteiger partial charge in [-0.25, -0.2) is 0 Å². The van der Waals surface area contributed by atoms with E-state index in [0.717, 1.165) is 13.1 Å². The second-order valence-corrected chi connectivity index (χ2v) is 3.91. The molecule has 15 heavy (non-hydrogen) atoms. The third-order valence-corrected chi connectivity index (χ3v) is 2.77. The van der Waals surface area contributed by atoms with Crippen LogP contribution in [0.15, 0.2) is 0 Å². The minimum absolute atomic E-state index is 0.112. The highest BCUT2D eigenvalue weighted by Crippen LogP contribution is 2.10. The number of piperazine rings is 1. The lowest BCUT2D eigenvalue weighted by atomic mass is 10.2. The third-order valence-electron chi connectivity index (χ3n) is 2.77. The summed E-state index contributed by atoms with van der Waals surface area (Å²) in [6.07, 6.45) is -0.780. The molecule has 1 aliphatic heterocycles. The summed E-state index contributed by atoms with van der Waals surface area (Å²) in [6, 6.07) is 0. The zero-order valence-electron chi connectivity index (χ0n) is 9.64. The number of hydrogen-bond donors (Lipinski definition) is 1. The first-order valence-electron chi connectivity index (χ1n) is 5.26. The second-order valence-electron chi connectivity index (χ2n) is 3.91. The van der Waals surface area contributed by atoms with Gasteiger partial charge in [0.1, 0.15) is 6.23 Å². The van der Waals surface area contributed by atoms with Gasteiger partial charge in [-0.15, -0.1) is 0 Å². The van der Waals surface area contributed by atoms with E-state index in [1.54, 1.807) is 21.0 Å². The van der Waals surface area contributed by atoms with Crippen molar-refractivity contribution < 1.29 is 14.6 Å². The van der Waals surface area contributed by atoms with E-state index in [1.165, 1.54) is 0 Å². The molecule has 5 nitrogen and oxygen atoms in total. The van der Waals surface area contributed by atoms with Crippen molar-refractivity contribution in [2.75, 3.05) is 33.3 Å². The van der Waals surface area contributed by atoms with Crippen LogP contribution in [0.4, 0.5) is 0 Å². The Morgan fingerprint density at radius 2 is 1.87 bits per heavy atom. The van der Waals surface area contributed by atoms with Gasteiger partial charge in [-0.05, 0) is 6.92 Å². The van der Waals surface area contributed by atoms with E-state index in [2.05, 4.69) is 4.90 Å².